The van der Waals surface area contributed by atoms with Crippen molar-refractivity contribution < 1.29 is 9.59 Å². The first-order valence-electron chi connectivity index (χ1n) is 9.01. The summed E-state index contributed by atoms with van der Waals surface area (Å²) in [7, 11) is 0. The minimum atomic E-state index is -0.0755. The van der Waals surface area contributed by atoms with Gasteiger partial charge in [-0.1, -0.05) is 18.2 Å². The lowest BCUT2D eigenvalue weighted by Crippen LogP contribution is -2.45. The van der Waals surface area contributed by atoms with Gasteiger partial charge in [0.15, 0.2) is 0 Å². The van der Waals surface area contributed by atoms with Gasteiger partial charge in [0.05, 0.1) is 5.56 Å². The van der Waals surface area contributed by atoms with E-state index < -0.39 is 0 Å². The largest absolute Gasteiger partial charge is 0.349 e. The average Bonchev–Trinajstić information content (AvgIpc) is 3.15. The number of nitriles is 1. The van der Waals surface area contributed by atoms with Crippen LogP contribution in [0.2, 0.25) is 0 Å². The van der Waals surface area contributed by atoms with Gasteiger partial charge in [0.2, 0.25) is 5.91 Å². The highest BCUT2D eigenvalue weighted by molar-refractivity contribution is 7.14. The second-order valence-corrected chi connectivity index (χ2v) is 7.44. The molecule has 0 bridgehead atoms. The third-order valence-corrected chi connectivity index (χ3v) is 5.48. The molecule has 1 fully saturated rings. The molecule has 0 aliphatic carbocycles. The van der Waals surface area contributed by atoms with Gasteiger partial charge >= 0.3 is 0 Å². The highest BCUT2D eigenvalue weighted by Gasteiger charge is 2.21. The number of likely N-dealkylation sites (tertiary alicyclic amines) is 1. The fourth-order valence-electron chi connectivity index (χ4n) is 3.10. The number of carbonyl (C=O) groups excluding carboxylic acids is 2. The Morgan fingerprint density at radius 2 is 1.93 bits per heavy atom. The summed E-state index contributed by atoms with van der Waals surface area (Å²) in [6, 6.07) is 13.2. The molecule has 0 spiro atoms. The zero-order chi connectivity index (χ0) is 19.1. The molecule has 3 rings (SSSR count). The number of piperidine rings is 1. The SMILES string of the molecule is N#Cc1ccsc1NC(=O)CCN1CCC(NC(=O)c2ccccc2)CC1. The van der Waals surface area contributed by atoms with Crippen molar-refractivity contribution in [2.24, 2.45) is 0 Å². The van der Waals surface area contributed by atoms with E-state index in [2.05, 4.69) is 21.6 Å². The Kier molecular flexibility index (Phi) is 6.58. The van der Waals surface area contributed by atoms with Gasteiger partial charge in [-0.3, -0.25) is 9.59 Å². The summed E-state index contributed by atoms with van der Waals surface area (Å²) in [5.74, 6) is -0.105. The first-order valence-corrected chi connectivity index (χ1v) is 9.89. The molecule has 2 amide bonds. The van der Waals surface area contributed by atoms with Gasteiger partial charge in [0, 0.05) is 37.7 Å². The molecule has 0 atom stereocenters. The van der Waals surface area contributed by atoms with Crippen LogP contribution in [0.15, 0.2) is 41.8 Å². The molecule has 1 aliphatic rings. The van der Waals surface area contributed by atoms with Gasteiger partial charge in [-0.2, -0.15) is 5.26 Å². The summed E-state index contributed by atoms with van der Waals surface area (Å²) < 4.78 is 0. The number of nitrogens with one attached hydrogen (secondary N) is 2. The minimum Gasteiger partial charge on any atom is -0.349 e. The van der Waals surface area contributed by atoms with Crippen molar-refractivity contribution in [1.29, 1.82) is 5.26 Å². The standard InChI is InChI=1S/C20H22N4O2S/c21-14-16-9-13-27-20(16)23-18(25)8-12-24-10-6-17(7-11-24)22-19(26)15-4-2-1-3-5-15/h1-5,9,13,17H,6-8,10-12H2,(H,22,26)(H,23,25). The van der Waals surface area contributed by atoms with Crippen molar-refractivity contribution in [2.75, 3.05) is 25.0 Å². The Bertz CT molecular complexity index is 820. The zero-order valence-electron chi connectivity index (χ0n) is 15.0. The molecule has 1 aliphatic heterocycles. The normalized spacial score (nSPS) is 15.1. The smallest absolute Gasteiger partial charge is 0.251 e. The molecule has 140 valence electrons. The van der Waals surface area contributed by atoms with Gasteiger partial charge in [0.25, 0.3) is 5.91 Å². The fourth-order valence-corrected chi connectivity index (χ4v) is 3.86. The van der Waals surface area contributed by atoms with E-state index in [1.165, 1.54) is 11.3 Å². The summed E-state index contributed by atoms with van der Waals surface area (Å²) in [5, 5.41) is 17.3. The molecular formula is C20H22N4O2S. The lowest BCUT2D eigenvalue weighted by atomic mass is 10.0. The van der Waals surface area contributed by atoms with Gasteiger partial charge in [-0.25, -0.2) is 0 Å². The zero-order valence-corrected chi connectivity index (χ0v) is 15.8. The lowest BCUT2D eigenvalue weighted by molar-refractivity contribution is -0.116. The van der Waals surface area contributed by atoms with Crippen molar-refractivity contribution >= 4 is 28.2 Å². The van der Waals surface area contributed by atoms with Crippen molar-refractivity contribution in [3.63, 3.8) is 0 Å². The van der Waals surface area contributed by atoms with Crippen LogP contribution >= 0.6 is 11.3 Å². The second kappa shape index (κ2) is 9.31. The minimum absolute atomic E-state index is 0.0299. The van der Waals surface area contributed by atoms with E-state index >= 15 is 0 Å². The molecule has 1 aromatic heterocycles. The number of nitrogens with zero attached hydrogens (tertiary/aromatic N) is 2. The lowest BCUT2D eigenvalue weighted by Gasteiger charge is -2.32. The molecule has 0 radical (unpaired) electrons. The van der Waals surface area contributed by atoms with Crippen LogP contribution in [0.4, 0.5) is 5.00 Å². The van der Waals surface area contributed by atoms with E-state index in [9.17, 15) is 9.59 Å². The van der Waals surface area contributed by atoms with Crippen LogP contribution in [0.5, 0.6) is 0 Å². The fraction of sp³-hybridized carbons (Fsp3) is 0.350. The first kappa shape index (κ1) is 19.1. The van der Waals surface area contributed by atoms with Crippen LogP contribution in [-0.4, -0.2) is 42.4 Å². The highest BCUT2D eigenvalue weighted by Crippen LogP contribution is 2.22. The Hall–Kier alpha value is -2.69. The third-order valence-electron chi connectivity index (χ3n) is 4.65. The Morgan fingerprint density at radius 3 is 2.63 bits per heavy atom. The Balaban J connectivity index is 1.38. The Morgan fingerprint density at radius 1 is 1.19 bits per heavy atom. The van der Waals surface area contributed by atoms with E-state index in [-0.39, 0.29) is 17.9 Å². The first-order chi connectivity index (χ1) is 13.2. The summed E-state index contributed by atoms with van der Waals surface area (Å²) in [6.45, 7) is 2.39. The van der Waals surface area contributed by atoms with Crippen molar-refractivity contribution in [2.45, 2.75) is 25.3 Å². The van der Waals surface area contributed by atoms with Gasteiger partial charge in [0.1, 0.15) is 11.1 Å². The average molecular weight is 382 g/mol. The number of benzene rings is 1. The maximum absolute atomic E-state index is 12.2. The molecule has 2 heterocycles. The molecule has 1 aromatic carbocycles. The molecule has 6 nitrogen and oxygen atoms in total. The van der Waals surface area contributed by atoms with E-state index in [0.717, 1.165) is 25.9 Å². The van der Waals surface area contributed by atoms with Crippen LogP contribution < -0.4 is 10.6 Å². The third kappa shape index (κ3) is 5.39. The van der Waals surface area contributed by atoms with Crippen LogP contribution in [0.1, 0.15) is 35.2 Å². The summed E-state index contributed by atoms with van der Waals surface area (Å²) in [5.41, 5.74) is 1.19. The van der Waals surface area contributed by atoms with E-state index in [1.807, 2.05) is 30.3 Å². The van der Waals surface area contributed by atoms with Gasteiger partial charge in [-0.05, 0) is 36.4 Å². The molecule has 7 heteroatoms. The number of carbonyl (C=O) groups is 2. The van der Waals surface area contributed by atoms with E-state index in [4.69, 9.17) is 5.26 Å². The molecule has 0 saturated carbocycles. The van der Waals surface area contributed by atoms with Crippen molar-refractivity contribution in [3.05, 3.63) is 52.9 Å². The molecule has 2 N–H and O–H groups in total. The van der Waals surface area contributed by atoms with Crippen LogP contribution in [0.25, 0.3) is 0 Å². The highest BCUT2D eigenvalue weighted by atomic mass is 32.1. The predicted octanol–water partition coefficient (Wildman–Crippen LogP) is 2.84. The maximum Gasteiger partial charge on any atom is 0.251 e. The Labute approximate surface area is 162 Å². The van der Waals surface area contributed by atoms with Crippen molar-refractivity contribution in [3.8, 4) is 6.07 Å². The molecule has 27 heavy (non-hydrogen) atoms. The number of hydrogen-bond donors (Lipinski definition) is 2. The quantitative estimate of drug-likeness (QED) is 0.804. The van der Waals surface area contributed by atoms with Crippen LogP contribution in [-0.2, 0) is 4.79 Å². The summed E-state index contributed by atoms with van der Waals surface area (Å²) >= 11 is 1.36. The van der Waals surface area contributed by atoms with E-state index in [0.29, 0.717) is 29.1 Å². The number of amides is 2. The summed E-state index contributed by atoms with van der Waals surface area (Å²) in [4.78, 5) is 26.5. The monoisotopic (exact) mass is 382 g/mol. The molecular weight excluding hydrogens is 360 g/mol. The second-order valence-electron chi connectivity index (χ2n) is 6.53. The van der Waals surface area contributed by atoms with Gasteiger partial charge in [-0.15, -0.1) is 11.3 Å². The number of thiophene rings is 1. The number of anilines is 1. The predicted molar refractivity (Wildman–Crippen MR) is 106 cm³/mol. The molecule has 0 unspecified atom stereocenters. The van der Waals surface area contributed by atoms with Crippen molar-refractivity contribution in [1.82, 2.24) is 10.2 Å². The topological polar surface area (TPSA) is 85.2 Å². The molecule has 2 aromatic rings. The van der Waals surface area contributed by atoms with Crippen LogP contribution in [0, 0.1) is 11.3 Å². The van der Waals surface area contributed by atoms with Gasteiger partial charge < -0.3 is 15.5 Å². The molecule has 1 saturated heterocycles. The van der Waals surface area contributed by atoms with Crippen LogP contribution in [0.3, 0.4) is 0 Å². The summed E-state index contributed by atoms with van der Waals surface area (Å²) in [6.07, 6.45) is 2.15. The number of rotatable bonds is 6. The van der Waals surface area contributed by atoms with E-state index in [1.54, 1.807) is 11.4 Å². The number of hydrogen-bond acceptors (Lipinski definition) is 5. The maximum atomic E-state index is 12.2.